The lowest BCUT2D eigenvalue weighted by Gasteiger charge is -2.11. The summed E-state index contributed by atoms with van der Waals surface area (Å²) in [5, 5.41) is 3.20. The fourth-order valence-corrected chi connectivity index (χ4v) is 2.32. The van der Waals surface area contributed by atoms with Gasteiger partial charge in [0.25, 0.3) is 0 Å². The van der Waals surface area contributed by atoms with E-state index in [1.807, 2.05) is 30.8 Å². The van der Waals surface area contributed by atoms with Crippen molar-refractivity contribution < 1.29 is 4.79 Å². The number of hydrogen-bond donors (Lipinski definition) is 2. The van der Waals surface area contributed by atoms with Gasteiger partial charge in [-0.1, -0.05) is 13.8 Å². The van der Waals surface area contributed by atoms with Crippen LogP contribution in [0.25, 0.3) is 0 Å². The maximum absolute atomic E-state index is 10.7. The first kappa shape index (κ1) is 12.9. The smallest absolute Gasteiger partial charge is 0.316 e. The van der Waals surface area contributed by atoms with Gasteiger partial charge < -0.3 is 11.1 Å². The van der Waals surface area contributed by atoms with Gasteiger partial charge in [-0.05, 0) is 37.1 Å². The van der Waals surface area contributed by atoms with Crippen molar-refractivity contribution in [3.05, 3.63) is 23.8 Å². The van der Waals surface area contributed by atoms with Gasteiger partial charge in [-0.3, -0.25) is 0 Å². The molecule has 0 aliphatic rings. The summed E-state index contributed by atoms with van der Waals surface area (Å²) < 4.78 is 0. The first-order valence-corrected chi connectivity index (χ1v) is 6.24. The molecular formula is C12H18N2OS. The van der Waals surface area contributed by atoms with E-state index in [9.17, 15) is 4.79 Å². The second-order valence-electron chi connectivity index (χ2n) is 3.80. The standard InChI is InChI=1S/C12H18N2OS/c1-4-9(3)16-10-5-6-11(8(2)7-10)14-12(13)15/h5-7,9H,4H2,1-3H3,(H3,13,14,15)/t9-/m0/s1. The van der Waals surface area contributed by atoms with E-state index < -0.39 is 6.03 Å². The van der Waals surface area contributed by atoms with Gasteiger partial charge in [0.2, 0.25) is 0 Å². The van der Waals surface area contributed by atoms with Gasteiger partial charge in [-0.15, -0.1) is 11.8 Å². The van der Waals surface area contributed by atoms with Crippen LogP contribution in [0.2, 0.25) is 0 Å². The molecule has 1 rings (SSSR count). The molecule has 0 saturated carbocycles. The van der Waals surface area contributed by atoms with Crippen molar-refractivity contribution in [1.82, 2.24) is 0 Å². The van der Waals surface area contributed by atoms with Crippen molar-refractivity contribution in [2.45, 2.75) is 37.3 Å². The van der Waals surface area contributed by atoms with Crippen molar-refractivity contribution in [2.24, 2.45) is 5.73 Å². The fraction of sp³-hybridized carbons (Fsp3) is 0.417. The third-order valence-electron chi connectivity index (χ3n) is 2.37. The first-order chi connectivity index (χ1) is 7.52. The molecule has 3 nitrogen and oxygen atoms in total. The van der Waals surface area contributed by atoms with Crippen molar-refractivity contribution >= 4 is 23.5 Å². The molecule has 16 heavy (non-hydrogen) atoms. The topological polar surface area (TPSA) is 55.1 Å². The predicted octanol–water partition coefficient (Wildman–Crippen LogP) is 3.38. The molecule has 1 atom stereocenters. The van der Waals surface area contributed by atoms with Gasteiger partial charge >= 0.3 is 6.03 Å². The number of hydrogen-bond acceptors (Lipinski definition) is 2. The van der Waals surface area contributed by atoms with Crippen molar-refractivity contribution in [1.29, 1.82) is 0 Å². The highest BCUT2D eigenvalue weighted by Gasteiger charge is 2.05. The molecule has 4 heteroatoms. The molecule has 0 aromatic heterocycles. The lowest BCUT2D eigenvalue weighted by atomic mass is 10.2. The highest BCUT2D eigenvalue weighted by molar-refractivity contribution is 7.99. The van der Waals surface area contributed by atoms with E-state index in [1.165, 1.54) is 4.90 Å². The Morgan fingerprint density at radius 3 is 2.75 bits per heavy atom. The summed E-state index contributed by atoms with van der Waals surface area (Å²) in [5.41, 5.74) is 6.89. The number of carbonyl (C=O) groups is 1. The van der Waals surface area contributed by atoms with Crippen LogP contribution >= 0.6 is 11.8 Å². The van der Waals surface area contributed by atoms with Gasteiger partial charge in [0.1, 0.15) is 0 Å². The normalized spacial score (nSPS) is 12.2. The van der Waals surface area contributed by atoms with Crippen LogP contribution in [0, 0.1) is 6.92 Å². The summed E-state index contributed by atoms with van der Waals surface area (Å²) >= 11 is 1.84. The molecule has 3 N–H and O–H groups in total. The van der Waals surface area contributed by atoms with Gasteiger partial charge in [-0.2, -0.15) is 0 Å². The lowest BCUT2D eigenvalue weighted by molar-refractivity contribution is 0.259. The summed E-state index contributed by atoms with van der Waals surface area (Å²) in [7, 11) is 0. The zero-order valence-corrected chi connectivity index (χ0v) is 10.7. The van der Waals surface area contributed by atoms with Crippen molar-refractivity contribution in [2.75, 3.05) is 5.32 Å². The Labute approximate surface area is 101 Å². The molecule has 0 aliphatic heterocycles. The van der Waals surface area contributed by atoms with E-state index >= 15 is 0 Å². The van der Waals surface area contributed by atoms with Gasteiger partial charge in [0.05, 0.1) is 0 Å². The number of primary amides is 1. The Morgan fingerprint density at radius 1 is 1.56 bits per heavy atom. The van der Waals surface area contributed by atoms with Gasteiger partial charge in [0.15, 0.2) is 0 Å². The molecule has 1 aromatic carbocycles. The number of thioether (sulfide) groups is 1. The highest BCUT2D eigenvalue weighted by Crippen LogP contribution is 2.28. The largest absolute Gasteiger partial charge is 0.351 e. The number of nitrogens with one attached hydrogen (secondary N) is 1. The SMILES string of the molecule is CC[C@H](C)Sc1ccc(NC(N)=O)c(C)c1. The van der Waals surface area contributed by atoms with E-state index in [2.05, 4.69) is 25.2 Å². The Bertz CT molecular complexity index is 379. The molecule has 1 aromatic rings. The molecular weight excluding hydrogens is 220 g/mol. The second-order valence-corrected chi connectivity index (χ2v) is 5.31. The minimum atomic E-state index is -0.523. The van der Waals surface area contributed by atoms with E-state index in [1.54, 1.807) is 0 Å². The lowest BCUT2D eigenvalue weighted by Crippen LogP contribution is -2.19. The molecule has 0 aliphatic carbocycles. The number of benzene rings is 1. The number of anilines is 1. The Morgan fingerprint density at radius 2 is 2.25 bits per heavy atom. The quantitative estimate of drug-likeness (QED) is 0.790. The average Bonchev–Trinajstić information content (AvgIpc) is 2.21. The van der Waals surface area contributed by atoms with Crippen LogP contribution in [0.3, 0.4) is 0 Å². The summed E-state index contributed by atoms with van der Waals surface area (Å²) in [6, 6.07) is 5.45. The van der Waals surface area contributed by atoms with Gasteiger partial charge in [0, 0.05) is 15.8 Å². The van der Waals surface area contributed by atoms with Crippen LogP contribution in [-0.2, 0) is 0 Å². The monoisotopic (exact) mass is 238 g/mol. The second kappa shape index (κ2) is 5.80. The molecule has 0 unspecified atom stereocenters. The number of carbonyl (C=O) groups excluding carboxylic acids is 1. The van der Waals surface area contributed by atoms with Gasteiger partial charge in [-0.25, -0.2) is 4.79 Å². The maximum Gasteiger partial charge on any atom is 0.316 e. The summed E-state index contributed by atoms with van der Waals surface area (Å²) in [4.78, 5) is 12.0. The number of amides is 2. The average molecular weight is 238 g/mol. The van der Waals surface area contributed by atoms with E-state index in [4.69, 9.17) is 5.73 Å². The molecule has 2 amide bonds. The van der Waals surface area contributed by atoms with E-state index in [-0.39, 0.29) is 0 Å². The zero-order chi connectivity index (χ0) is 12.1. The third kappa shape index (κ3) is 3.77. The highest BCUT2D eigenvalue weighted by atomic mass is 32.2. The zero-order valence-electron chi connectivity index (χ0n) is 9.91. The van der Waals surface area contributed by atoms with Crippen LogP contribution in [0.5, 0.6) is 0 Å². The fourth-order valence-electron chi connectivity index (χ4n) is 1.30. The Hall–Kier alpha value is -1.16. The molecule has 0 bridgehead atoms. The summed E-state index contributed by atoms with van der Waals surface area (Å²) in [6.07, 6.45) is 1.14. The minimum absolute atomic E-state index is 0.523. The third-order valence-corrected chi connectivity index (χ3v) is 3.63. The molecule has 0 heterocycles. The number of urea groups is 1. The number of aryl methyl sites for hydroxylation is 1. The molecule has 0 fully saturated rings. The number of rotatable bonds is 4. The Balaban J connectivity index is 2.78. The predicted molar refractivity (Wildman–Crippen MR) is 70.0 cm³/mol. The Kier molecular flexibility index (Phi) is 4.68. The molecule has 0 spiro atoms. The van der Waals surface area contributed by atoms with E-state index in [0.717, 1.165) is 17.7 Å². The maximum atomic E-state index is 10.7. The molecule has 0 radical (unpaired) electrons. The summed E-state index contributed by atoms with van der Waals surface area (Å²) in [6.45, 7) is 6.34. The van der Waals surface area contributed by atoms with Crippen LogP contribution in [0.15, 0.2) is 23.1 Å². The first-order valence-electron chi connectivity index (χ1n) is 5.36. The van der Waals surface area contributed by atoms with Crippen LogP contribution in [0.4, 0.5) is 10.5 Å². The van der Waals surface area contributed by atoms with E-state index in [0.29, 0.717) is 5.25 Å². The molecule has 88 valence electrons. The minimum Gasteiger partial charge on any atom is -0.351 e. The van der Waals surface area contributed by atoms with Crippen LogP contribution in [-0.4, -0.2) is 11.3 Å². The van der Waals surface area contributed by atoms with Crippen LogP contribution in [0.1, 0.15) is 25.8 Å². The number of nitrogens with two attached hydrogens (primary N) is 1. The van der Waals surface area contributed by atoms with Crippen molar-refractivity contribution in [3.63, 3.8) is 0 Å². The molecule has 0 saturated heterocycles. The van der Waals surface area contributed by atoms with Crippen molar-refractivity contribution in [3.8, 4) is 0 Å². The van der Waals surface area contributed by atoms with Crippen LogP contribution < -0.4 is 11.1 Å². The summed E-state index contributed by atoms with van der Waals surface area (Å²) in [5.74, 6) is 0.